The van der Waals surface area contributed by atoms with Gasteiger partial charge in [0.2, 0.25) is 0 Å². The summed E-state index contributed by atoms with van der Waals surface area (Å²) in [6, 6.07) is 4.10. The molecule has 1 amide bonds. The van der Waals surface area contributed by atoms with Gasteiger partial charge in [-0.2, -0.15) is 10.4 Å². The van der Waals surface area contributed by atoms with Crippen LogP contribution in [0.4, 0.5) is 0 Å². The van der Waals surface area contributed by atoms with E-state index in [1.807, 2.05) is 20.0 Å². The second-order valence-corrected chi connectivity index (χ2v) is 5.67. The zero-order valence-corrected chi connectivity index (χ0v) is 12.4. The molecule has 0 bridgehead atoms. The molecule has 2 aromatic rings. The lowest BCUT2D eigenvalue weighted by Gasteiger charge is -2.42. The van der Waals surface area contributed by atoms with Gasteiger partial charge in [-0.05, 0) is 32.3 Å². The molecular formula is C15H17N5O. The Morgan fingerprint density at radius 1 is 1.52 bits per heavy atom. The third-order valence-corrected chi connectivity index (χ3v) is 4.45. The van der Waals surface area contributed by atoms with E-state index in [0.29, 0.717) is 5.56 Å². The van der Waals surface area contributed by atoms with Gasteiger partial charge in [0.15, 0.2) is 5.65 Å². The van der Waals surface area contributed by atoms with Crippen LogP contribution in [0.15, 0.2) is 12.3 Å². The van der Waals surface area contributed by atoms with E-state index >= 15 is 0 Å². The Balaban J connectivity index is 1.98. The standard InChI is InChI=1S/C15H17N5O/c1-10-12-7-11(8-17-13(12)20(3)18-10)14(21)19(2)15(9-16)5-4-6-15/h7-8H,4-6H2,1-3H3. The summed E-state index contributed by atoms with van der Waals surface area (Å²) >= 11 is 0. The van der Waals surface area contributed by atoms with E-state index in [-0.39, 0.29) is 5.91 Å². The Hall–Kier alpha value is -2.42. The summed E-state index contributed by atoms with van der Waals surface area (Å²) in [5.74, 6) is -0.158. The highest BCUT2D eigenvalue weighted by Gasteiger charge is 2.43. The van der Waals surface area contributed by atoms with Crippen LogP contribution in [0.5, 0.6) is 0 Å². The fourth-order valence-corrected chi connectivity index (χ4v) is 2.85. The van der Waals surface area contributed by atoms with Crippen LogP contribution >= 0.6 is 0 Å². The van der Waals surface area contributed by atoms with Crippen LogP contribution in [0.2, 0.25) is 0 Å². The third kappa shape index (κ3) is 1.88. The highest BCUT2D eigenvalue weighted by Crippen LogP contribution is 2.37. The van der Waals surface area contributed by atoms with Crippen molar-refractivity contribution in [2.75, 3.05) is 7.05 Å². The Morgan fingerprint density at radius 3 is 2.81 bits per heavy atom. The van der Waals surface area contributed by atoms with Crippen LogP contribution in [-0.4, -0.2) is 38.2 Å². The maximum atomic E-state index is 12.6. The third-order valence-electron chi connectivity index (χ3n) is 4.45. The van der Waals surface area contributed by atoms with Gasteiger partial charge in [-0.15, -0.1) is 0 Å². The van der Waals surface area contributed by atoms with Gasteiger partial charge in [-0.3, -0.25) is 9.48 Å². The number of hydrogen-bond acceptors (Lipinski definition) is 4. The van der Waals surface area contributed by atoms with Crippen molar-refractivity contribution in [1.29, 1.82) is 5.26 Å². The van der Waals surface area contributed by atoms with Crippen LogP contribution in [0.25, 0.3) is 11.0 Å². The number of nitriles is 1. The van der Waals surface area contributed by atoms with E-state index in [2.05, 4.69) is 16.2 Å². The first kappa shape index (κ1) is 13.6. The first-order valence-corrected chi connectivity index (χ1v) is 6.97. The van der Waals surface area contributed by atoms with Gasteiger partial charge in [0.25, 0.3) is 5.91 Å². The van der Waals surface area contributed by atoms with Crippen LogP contribution in [-0.2, 0) is 7.05 Å². The molecule has 6 heteroatoms. The van der Waals surface area contributed by atoms with Crippen LogP contribution < -0.4 is 0 Å². The van der Waals surface area contributed by atoms with E-state index in [9.17, 15) is 10.1 Å². The summed E-state index contributed by atoms with van der Waals surface area (Å²) < 4.78 is 1.70. The molecule has 0 radical (unpaired) electrons. The van der Waals surface area contributed by atoms with E-state index < -0.39 is 5.54 Å². The number of aryl methyl sites for hydroxylation is 2. The Morgan fingerprint density at radius 2 is 2.24 bits per heavy atom. The topological polar surface area (TPSA) is 74.8 Å². The molecule has 108 valence electrons. The van der Waals surface area contributed by atoms with Gasteiger partial charge in [-0.25, -0.2) is 4.98 Å². The number of carbonyl (C=O) groups is 1. The van der Waals surface area contributed by atoms with Crippen molar-refractivity contribution >= 4 is 16.9 Å². The molecular weight excluding hydrogens is 266 g/mol. The molecule has 0 N–H and O–H groups in total. The summed E-state index contributed by atoms with van der Waals surface area (Å²) in [5, 5.41) is 14.5. The lowest BCUT2D eigenvalue weighted by molar-refractivity contribution is 0.0497. The number of rotatable bonds is 2. The molecule has 1 fully saturated rings. The van der Waals surface area contributed by atoms with Crippen molar-refractivity contribution in [1.82, 2.24) is 19.7 Å². The molecule has 3 rings (SSSR count). The Labute approximate surface area is 123 Å². The molecule has 1 aliphatic rings. The Bertz CT molecular complexity index is 766. The number of nitrogens with zero attached hydrogens (tertiary/aromatic N) is 5. The second kappa shape index (κ2) is 4.55. The molecule has 0 aromatic carbocycles. The van der Waals surface area contributed by atoms with Crippen LogP contribution in [0.3, 0.4) is 0 Å². The van der Waals surface area contributed by atoms with Crippen LogP contribution in [0.1, 0.15) is 35.3 Å². The smallest absolute Gasteiger partial charge is 0.256 e. The zero-order chi connectivity index (χ0) is 15.2. The first-order chi connectivity index (χ1) is 9.98. The number of pyridine rings is 1. The number of amides is 1. The molecule has 0 saturated heterocycles. The molecule has 6 nitrogen and oxygen atoms in total. The number of carbonyl (C=O) groups excluding carboxylic acids is 1. The largest absolute Gasteiger partial charge is 0.323 e. The maximum absolute atomic E-state index is 12.6. The Kier molecular flexibility index (Phi) is 2.94. The molecule has 1 aliphatic carbocycles. The molecule has 0 unspecified atom stereocenters. The van der Waals surface area contributed by atoms with Crippen molar-refractivity contribution in [2.45, 2.75) is 31.7 Å². The predicted molar refractivity (Wildman–Crippen MR) is 77.5 cm³/mol. The van der Waals surface area contributed by atoms with E-state index in [4.69, 9.17) is 0 Å². The average molecular weight is 283 g/mol. The number of aromatic nitrogens is 3. The highest BCUT2D eigenvalue weighted by molar-refractivity contribution is 5.97. The second-order valence-electron chi connectivity index (χ2n) is 5.67. The van der Waals surface area contributed by atoms with E-state index in [1.54, 1.807) is 22.8 Å². The van der Waals surface area contributed by atoms with Gasteiger partial charge in [-0.1, -0.05) is 0 Å². The monoisotopic (exact) mass is 283 g/mol. The normalized spacial score (nSPS) is 16.3. The number of hydrogen-bond donors (Lipinski definition) is 0. The molecule has 0 aliphatic heterocycles. The first-order valence-electron chi connectivity index (χ1n) is 6.97. The van der Waals surface area contributed by atoms with Crippen molar-refractivity contribution in [3.63, 3.8) is 0 Å². The lowest BCUT2D eigenvalue weighted by Crippen LogP contribution is -2.53. The predicted octanol–water partition coefficient (Wildman–Crippen LogP) is 1.79. The summed E-state index contributed by atoms with van der Waals surface area (Å²) in [6.45, 7) is 1.89. The maximum Gasteiger partial charge on any atom is 0.256 e. The molecule has 2 aromatic heterocycles. The van der Waals surface area contributed by atoms with Crippen molar-refractivity contribution in [3.05, 3.63) is 23.5 Å². The fourth-order valence-electron chi connectivity index (χ4n) is 2.85. The zero-order valence-electron chi connectivity index (χ0n) is 12.4. The number of fused-ring (bicyclic) bond motifs is 1. The average Bonchev–Trinajstić information content (AvgIpc) is 2.72. The van der Waals surface area contributed by atoms with Crippen molar-refractivity contribution in [2.24, 2.45) is 7.05 Å². The van der Waals surface area contributed by atoms with Gasteiger partial charge in [0.1, 0.15) is 5.54 Å². The van der Waals surface area contributed by atoms with Gasteiger partial charge in [0, 0.05) is 25.7 Å². The van der Waals surface area contributed by atoms with Crippen LogP contribution in [0, 0.1) is 18.3 Å². The van der Waals surface area contributed by atoms with Gasteiger partial charge >= 0.3 is 0 Å². The van der Waals surface area contributed by atoms with E-state index in [1.165, 1.54) is 0 Å². The quantitative estimate of drug-likeness (QED) is 0.842. The molecule has 1 saturated carbocycles. The van der Waals surface area contributed by atoms with Gasteiger partial charge in [0.05, 0.1) is 17.3 Å². The minimum Gasteiger partial charge on any atom is -0.323 e. The van der Waals surface area contributed by atoms with Gasteiger partial charge < -0.3 is 4.90 Å². The molecule has 2 heterocycles. The lowest BCUT2D eigenvalue weighted by atomic mass is 9.76. The highest BCUT2D eigenvalue weighted by atomic mass is 16.2. The minimum atomic E-state index is -0.643. The summed E-state index contributed by atoms with van der Waals surface area (Å²) in [6.07, 6.45) is 4.04. The SMILES string of the molecule is Cc1nn(C)c2ncc(C(=O)N(C)C3(C#N)CCC3)cc12. The molecule has 21 heavy (non-hydrogen) atoms. The summed E-state index contributed by atoms with van der Waals surface area (Å²) in [7, 11) is 3.53. The minimum absolute atomic E-state index is 0.158. The fraction of sp³-hybridized carbons (Fsp3) is 0.467. The van der Waals surface area contributed by atoms with Crippen molar-refractivity contribution in [3.8, 4) is 6.07 Å². The van der Waals surface area contributed by atoms with Crippen molar-refractivity contribution < 1.29 is 4.79 Å². The molecule has 0 spiro atoms. The summed E-state index contributed by atoms with van der Waals surface area (Å²) in [5.41, 5.74) is 1.46. The summed E-state index contributed by atoms with van der Waals surface area (Å²) in [4.78, 5) is 18.5. The van der Waals surface area contributed by atoms with E-state index in [0.717, 1.165) is 36.0 Å². The molecule has 0 atom stereocenters.